The molecule has 6 nitrogen and oxygen atoms in total. The minimum atomic E-state index is -0.585. The number of pyridine rings is 2. The molecule has 1 amide bonds. The zero-order valence-corrected chi connectivity index (χ0v) is 17.9. The molecule has 2 aromatic heterocycles. The summed E-state index contributed by atoms with van der Waals surface area (Å²) in [7, 11) is 0. The summed E-state index contributed by atoms with van der Waals surface area (Å²) in [5, 5.41) is 1.00. The first-order valence-corrected chi connectivity index (χ1v) is 11.0. The molecule has 0 unspecified atom stereocenters. The number of hydrogen-bond acceptors (Lipinski definition) is 4. The number of nitrogens with zero attached hydrogens (tertiary/aromatic N) is 2. The van der Waals surface area contributed by atoms with Crippen molar-refractivity contribution in [2.24, 2.45) is 0 Å². The molecule has 1 atom stereocenters. The number of H-pyrrole nitrogens is 1. The number of nitrogens with one attached hydrogen (secondary N) is 1. The fourth-order valence-electron chi connectivity index (χ4n) is 5.36. The summed E-state index contributed by atoms with van der Waals surface area (Å²) in [6.45, 7) is 3.97. The molecule has 1 aromatic carbocycles. The Bertz CT molecular complexity index is 1160. The van der Waals surface area contributed by atoms with Crippen molar-refractivity contribution >= 4 is 17.0 Å². The molecule has 5 rings (SSSR count). The molecule has 1 saturated heterocycles. The molecule has 31 heavy (non-hydrogen) atoms. The van der Waals surface area contributed by atoms with Gasteiger partial charge in [-0.25, -0.2) is 4.79 Å². The molecule has 1 saturated carbocycles. The van der Waals surface area contributed by atoms with Crippen LogP contribution in [-0.2, 0) is 4.74 Å². The number of carbonyl (C=O) groups excluding carboxylic acids is 1. The lowest BCUT2D eigenvalue weighted by molar-refractivity contribution is 0.0664. The molecule has 2 aliphatic rings. The Hall–Kier alpha value is -3.15. The maximum Gasteiger partial charge on any atom is 0.411 e. The quantitative estimate of drug-likeness (QED) is 0.656. The molecule has 0 spiro atoms. The number of hydrogen-bond donors (Lipinski definition) is 1. The summed E-state index contributed by atoms with van der Waals surface area (Å²) < 4.78 is 5.79. The first-order chi connectivity index (χ1) is 14.9. The first-order valence-electron chi connectivity index (χ1n) is 11.0. The second kappa shape index (κ2) is 7.52. The Morgan fingerprint density at radius 3 is 2.55 bits per heavy atom. The van der Waals surface area contributed by atoms with Crippen LogP contribution in [0.1, 0.15) is 62.6 Å². The number of aromatic amines is 1. The highest BCUT2D eigenvalue weighted by molar-refractivity contribution is 5.77. The van der Waals surface area contributed by atoms with E-state index in [1.807, 2.05) is 49.1 Å². The van der Waals surface area contributed by atoms with E-state index in [9.17, 15) is 9.59 Å². The number of cyclic esters (lactones) is 1. The zero-order valence-electron chi connectivity index (χ0n) is 17.9. The van der Waals surface area contributed by atoms with Gasteiger partial charge in [0.25, 0.3) is 5.56 Å². The standard InChI is InChI=1S/C25H27N3O3/c1-25(2)22(17-6-4-3-5-7-17)28(24(30)31-25)19-10-8-16(9-11-19)20-14-18-12-13-26-15-21(18)27-23(20)29/h3-7,12-16,19,22H,8-11H2,1-2H3,(H,27,29)/t16-,19-,22-/m0/s1. The van der Waals surface area contributed by atoms with Crippen molar-refractivity contribution in [3.8, 4) is 0 Å². The number of fused-ring (bicyclic) bond motifs is 1. The molecule has 6 heteroatoms. The van der Waals surface area contributed by atoms with Crippen LogP contribution in [0, 0.1) is 0 Å². The van der Waals surface area contributed by atoms with Crippen molar-refractivity contribution in [1.82, 2.24) is 14.9 Å². The molecular weight excluding hydrogens is 390 g/mol. The number of ether oxygens (including phenoxy) is 1. The van der Waals surface area contributed by atoms with Crippen LogP contribution < -0.4 is 5.56 Å². The highest BCUT2D eigenvalue weighted by Gasteiger charge is 2.51. The van der Waals surface area contributed by atoms with E-state index >= 15 is 0 Å². The second-order valence-electron chi connectivity index (χ2n) is 9.21. The van der Waals surface area contributed by atoms with E-state index in [2.05, 4.69) is 22.1 Å². The van der Waals surface area contributed by atoms with Gasteiger partial charge in [0, 0.05) is 23.2 Å². The number of rotatable bonds is 3. The lowest BCUT2D eigenvalue weighted by Crippen LogP contribution is -2.42. The van der Waals surface area contributed by atoms with Crippen LogP contribution in [0.5, 0.6) is 0 Å². The van der Waals surface area contributed by atoms with Crippen LogP contribution in [-0.4, -0.2) is 32.6 Å². The van der Waals surface area contributed by atoms with Crippen molar-refractivity contribution in [3.63, 3.8) is 0 Å². The van der Waals surface area contributed by atoms with E-state index in [1.165, 1.54) is 0 Å². The Labute approximate surface area is 181 Å². The van der Waals surface area contributed by atoms with Crippen LogP contribution in [0.2, 0.25) is 0 Å². The minimum absolute atomic E-state index is 0.0344. The lowest BCUT2D eigenvalue weighted by atomic mass is 9.80. The van der Waals surface area contributed by atoms with Gasteiger partial charge in [0.1, 0.15) is 5.60 Å². The summed E-state index contributed by atoms with van der Waals surface area (Å²) in [4.78, 5) is 34.5. The monoisotopic (exact) mass is 417 g/mol. The maximum absolute atomic E-state index is 12.9. The third-order valence-electron chi connectivity index (χ3n) is 6.82. The number of carbonyl (C=O) groups is 1. The summed E-state index contributed by atoms with van der Waals surface area (Å²) in [6, 6.07) is 14.1. The SMILES string of the molecule is CC1(C)OC(=O)N([C@H]2CC[C@H](c3cc4ccncc4[nH]c3=O)CC2)[C@H]1c1ccccc1. The molecule has 1 aliphatic carbocycles. The lowest BCUT2D eigenvalue weighted by Gasteiger charge is -2.38. The van der Waals surface area contributed by atoms with Crippen LogP contribution in [0.25, 0.3) is 10.9 Å². The van der Waals surface area contributed by atoms with Gasteiger partial charge in [0.05, 0.1) is 17.8 Å². The third-order valence-corrected chi connectivity index (χ3v) is 6.82. The molecule has 1 N–H and O–H groups in total. The largest absolute Gasteiger partial charge is 0.441 e. The van der Waals surface area contributed by atoms with Gasteiger partial charge in [-0.15, -0.1) is 0 Å². The van der Waals surface area contributed by atoms with E-state index in [-0.39, 0.29) is 29.7 Å². The van der Waals surface area contributed by atoms with E-state index in [1.54, 1.807) is 12.4 Å². The van der Waals surface area contributed by atoms with Crippen molar-refractivity contribution in [2.45, 2.75) is 63.1 Å². The normalized spacial score (nSPS) is 25.5. The molecule has 3 heterocycles. The van der Waals surface area contributed by atoms with Gasteiger partial charge in [-0.2, -0.15) is 0 Å². The topological polar surface area (TPSA) is 75.3 Å². The molecule has 2 fully saturated rings. The number of amides is 1. The maximum atomic E-state index is 12.9. The molecular formula is C25H27N3O3. The van der Waals surface area contributed by atoms with E-state index in [0.717, 1.165) is 47.7 Å². The molecule has 3 aromatic rings. The molecule has 1 aliphatic heterocycles. The predicted octanol–water partition coefficient (Wildman–Crippen LogP) is 4.92. The number of benzene rings is 1. The highest BCUT2D eigenvalue weighted by Crippen LogP contribution is 2.45. The molecule has 0 bridgehead atoms. The van der Waals surface area contributed by atoms with E-state index < -0.39 is 5.60 Å². The van der Waals surface area contributed by atoms with Gasteiger partial charge in [-0.1, -0.05) is 30.3 Å². The van der Waals surface area contributed by atoms with Crippen LogP contribution in [0.3, 0.4) is 0 Å². The summed E-state index contributed by atoms with van der Waals surface area (Å²) >= 11 is 0. The van der Waals surface area contributed by atoms with E-state index in [0.29, 0.717) is 0 Å². The highest BCUT2D eigenvalue weighted by atomic mass is 16.6. The van der Waals surface area contributed by atoms with Gasteiger partial charge < -0.3 is 9.72 Å². The van der Waals surface area contributed by atoms with E-state index in [4.69, 9.17) is 4.74 Å². The Balaban J connectivity index is 1.38. The smallest absolute Gasteiger partial charge is 0.411 e. The fourth-order valence-corrected chi connectivity index (χ4v) is 5.36. The minimum Gasteiger partial charge on any atom is -0.441 e. The van der Waals surface area contributed by atoms with Gasteiger partial charge in [-0.3, -0.25) is 14.7 Å². The van der Waals surface area contributed by atoms with Crippen molar-refractivity contribution in [3.05, 3.63) is 76.3 Å². The van der Waals surface area contributed by atoms with Gasteiger partial charge in [0.15, 0.2) is 0 Å². The summed E-state index contributed by atoms with van der Waals surface area (Å²) in [6.07, 6.45) is 6.64. The third kappa shape index (κ3) is 3.50. The van der Waals surface area contributed by atoms with Gasteiger partial charge >= 0.3 is 6.09 Å². The Kier molecular flexibility index (Phi) is 4.80. The molecule has 160 valence electrons. The Morgan fingerprint density at radius 2 is 1.81 bits per heavy atom. The fraction of sp³-hybridized carbons (Fsp3) is 0.400. The van der Waals surface area contributed by atoms with Crippen LogP contribution >= 0.6 is 0 Å². The first kappa shape index (κ1) is 19.8. The summed E-state index contributed by atoms with van der Waals surface area (Å²) in [5.41, 5.74) is 2.07. The zero-order chi connectivity index (χ0) is 21.6. The van der Waals surface area contributed by atoms with Crippen molar-refractivity contribution < 1.29 is 9.53 Å². The average Bonchev–Trinajstić information content (AvgIpc) is 3.02. The Morgan fingerprint density at radius 1 is 1.06 bits per heavy atom. The van der Waals surface area contributed by atoms with Gasteiger partial charge in [0.2, 0.25) is 0 Å². The molecule has 0 radical (unpaired) electrons. The van der Waals surface area contributed by atoms with Crippen LogP contribution in [0.15, 0.2) is 59.7 Å². The summed E-state index contributed by atoms with van der Waals surface area (Å²) in [5.74, 6) is 0.194. The average molecular weight is 418 g/mol. The predicted molar refractivity (Wildman–Crippen MR) is 119 cm³/mol. The van der Waals surface area contributed by atoms with Crippen molar-refractivity contribution in [2.75, 3.05) is 0 Å². The van der Waals surface area contributed by atoms with Crippen LogP contribution in [0.4, 0.5) is 4.79 Å². The number of aromatic nitrogens is 2. The van der Waals surface area contributed by atoms with Gasteiger partial charge in [-0.05, 0) is 63.1 Å². The second-order valence-corrected chi connectivity index (χ2v) is 9.21. The van der Waals surface area contributed by atoms with Crippen molar-refractivity contribution in [1.29, 1.82) is 0 Å².